The molecule has 0 unspecified atom stereocenters. The molecular weight excluding hydrogens is 703 g/mol. The third kappa shape index (κ3) is 4.45. The van der Waals surface area contributed by atoms with Crippen molar-refractivity contribution in [1.29, 1.82) is 0 Å². The summed E-state index contributed by atoms with van der Waals surface area (Å²) in [7, 11) is 0. The van der Waals surface area contributed by atoms with Gasteiger partial charge < -0.3 is 4.90 Å². The quantitative estimate of drug-likeness (QED) is 0.134. The van der Waals surface area contributed by atoms with Crippen molar-refractivity contribution in [2.75, 3.05) is 4.90 Å². The Morgan fingerprint density at radius 3 is 1.71 bits per heavy atom. The van der Waals surface area contributed by atoms with Crippen LogP contribution >= 0.6 is 11.3 Å². The molecule has 11 rings (SSSR count). The Morgan fingerprint density at radius 2 is 1.11 bits per heavy atom. The summed E-state index contributed by atoms with van der Waals surface area (Å²) in [5.74, 6) is -0.448. The number of hydrogen-bond acceptors (Lipinski definition) is 4. The lowest BCUT2D eigenvalue weighted by Gasteiger charge is -2.46. The van der Waals surface area contributed by atoms with Crippen molar-refractivity contribution >= 4 is 56.8 Å². The van der Waals surface area contributed by atoms with E-state index < -0.39 is 5.41 Å². The summed E-state index contributed by atoms with van der Waals surface area (Å²) in [6.07, 6.45) is 1.82. The molecule has 2 heterocycles. The minimum Gasteiger partial charge on any atom is -0.309 e. The van der Waals surface area contributed by atoms with Gasteiger partial charge in [0.05, 0.1) is 28.1 Å². The van der Waals surface area contributed by atoms with E-state index in [-0.39, 0.29) is 17.1 Å². The van der Waals surface area contributed by atoms with Crippen molar-refractivity contribution in [1.82, 2.24) is 0 Å². The number of thiophene rings is 1. The number of nitrogens with zero attached hydrogens (tertiary/aromatic N) is 1. The first kappa shape index (κ1) is 32.8. The highest BCUT2D eigenvalue weighted by molar-refractivity contribution is 7.13. The average Bonchev–Trinajstić information content (AvgIpc) is 3.91. The molecule has 0 fully saturated rings. The fraction of sp³-hybridized carbons (Fsp3) is 0.0769. The summed E-state index contributed by atoms with van der Waals surface area (Å²) in [5.41, 5.74) is 16.6. The van der Waals surface area contributed by atoms with E-state index in [1.807, 2.05) is 42.5 Å². The van der Waals surface area contributed by atoms with Crippen molar-refractivity contribution in [2.45, 2.75) is 26.2 Å². The lowest BCUT2D eigenvalue weighted by Crippen LogP contribution is -2.36. The standard InChI is InChI=1S/C52H35NO2S/c1-30-23-31(2)49(32(3)24-30)53-46-20-18-33(25-41-50(54)39-27-34-11-4-5-12-35(34)28-40(39)51(41)55)26-44(46)52(45-29-36(19-21-47(45)53)48-17-10-22-56-48)42-15-8-6-13-37(42)38-14-7-9-16-43(38)52/h4-29H,1-3H3. The Kier molecular flexibility index (Phi) is 6.99. The number of aryl methyl sites for hydroxylation is 3. The molecule has 1 aromatic heterocycles. The molecule has 1 aliphatic heterocycles. The minimum absolute atomic E-state index is 0.204. The molecule has 1 spiro atoms. The van der Waals surface area contributed by atoms with Crippen LogP contribution in [-0.2, 0) is 5.41 Å². The number of allylic oxidation sites excluding steroid dienone is 1. The maximum atomic E-state index is 14.1. The van der Waals surface area contributed by atoms with Crippen LogP contribution in [0.4, 0.5) is 17.1 Å². The third-order valence-corrected chi connectivity index (χ3v) is 13.0. The fourth-order valence-electron chi connectivity index (χ4n) is 9.93. The van der Waals surface area contributed by atoms with Gasteiger partial charge in [0.1, 0.15) is 0 Å². The van der Waals surface area contributed by atoms with Crippen molar-refractivity contribution in [3.8, 4) is 21.6 Å². The number of Topliss-reactive ketones (excluding diaryl/α,β-unsaturated/α-hetero) is 2. The van der Waals surface area contributed by atoms with Gasteiger partial charge in [-0.1, -0.05) is 109 Å². The molecule has 4 heteroatoms. The second-order valence-electron chi connectivity index (χ2n) is 15.4. The first-order chi connectivity index (χ1) is 27.3. The van der Waals surface area contributed by atoms with Gasteiger partial charge in [0.25, 0.3) is 0 Å². The number of ketones is 2. The molecule has 0 radical (unpaired) electrons. The van der Waals surface area contributed by atoms with Gasteiger partial charge in [-0.05, 0) is 141 Å². The van der Waals surface area contributed by atoms with Crippen LogP contribution < -0.4 is 4.90 Å². The van der Waals surface area contributed by atoms with Crippen molar-refractivity contribution in [2.24, 2.45) is 0 Å². The van der Waals surface area contributed by atoms with Crippen LogP contribution in [0.15, 0.2) is 157 Å². The lowest BCUT2D eigenvalue weighted by molar-refractivity contribution is 0.0990. The summed E-state index contributed by atoms with van der Waals surface area (Å²) in [6.45, 7) is 6.57. The summed E-state index contributed by atoms with van der Waals surface area (Å²) in [5, 5.41) is 4.04. The number of benzene rings is 7. The first-order valence-electron chi connectivity index (χ1n) is 19.1. The zero-order chi connectivity index (χ0) is 37.9. The predicted molar refractivity (Wildman–Crippen MR) is 230 cm³/mol. The summed E-state index contributed by atoms with van der Waals surface area (Å²) < 4.78 is 0. The highest BCUT2D eigenvalue weighted by atomic mass is 32.1. The van der Waals surface area contributed by atoms with Crippen LogP contribution in [0.5, 0.6) is 0 Å². The zero-order valence-electron chi connectivity index (χ0n) is 31.2. The molecule has 7 aromatic carbocycles. The fourth-order valence-corrected chi connectivity index (χ4v) is 10.7. The number of carbonyl (C=O) groups is 2. The molecule has 0 saturated carbocycles. The summed E-state index contributed by atoms with van der Waals surface area (Å²) >= 11 is 1.75. The van der Waals surface area contributed by atoms with Crippen LogP contribution in [0.1, 0.15) is 65.2 Å². The molecule has 0 saturated heterocycles. The van der Waals surface area contributed by atoms with Gasteiger partial charge in [0.15, 0.2) is 11.6 Å². The average molecular weight is 738 g/mol. The molecule has 8 aromatic rings. The summed E-state index contributed by atoms with van der Waals surface area (Å²) in [6, 6.07) is 51.6. The molecule has 56 heavy (non-hydrogen) atoms. The second-order valence-corrected chi connectivity index (χ2v) is 16.3. The van der Waals surface area contributed by atoms with Gasteiger partial charge in [-0.15, -0.1) is 11.3 Å². The highest BCUT2D eigenvalue weighted by Gasteiger charge is 2.52. The Balaban J connectivity index is 1.22. The van der Waals surface area contributed by atoms with E-state index in [1.54, 1.807) is 11.3 Å². The van der Waals surface area contributed by atoms with Gasteiger partial charge in [0, 0.05) is 16.0 Å². The number of hydrogen-bond donors (Lipinski definition) is 0. The molecule has 2 aliphatic carbocycles. The number of anilines is 3. The van der Waals surface area contributed by atoms with Gasteiger partial charge in [-0.25, -0.2) is 0 Å². The van der Waals surface area contributed by atoms with Crippen LogP contribution in [0.2, 0.25) is 0 Å². The van der Waals surface area contributed by atoms with Crippen LogP contribution in [0.3, 0.4) is 0 Å². The molecule has 266 valence electrons. The lowest BCUT2D eigenvalue weighted by atomic mass is 9.64. The monoisotopic (exact) mass is 737 g/mol. The van der Waals surface area contributed by atoms with Crippen LogP contribution in [0.25, 0.3) is 38.4 Å². The maximum absolute atomic E-state index is 14.1. The molecule has 0 bridgehead atoms. The Bertz CT molecular complexity index is 2930. The van der Waals surface area contributed by atoms with Gasteiger partial charge in [-0.3, -0.25) is 9.59 Å². The van der Waals surface area contributed by atoms with Gasteiger partial charge >= 0.3 is 0 Å². The van der Waals surface area contributed by atoms with Crippen molar-refractivity contribution in [3.63, 3.8) is 0 Å². The topological polar surface area (TPSA) is 37.4 Å². The zero-order valence-corrected chi connectivity index (χ0v) is 32.0. The van der Waals surface area contributed by atoms with E-state index >= 15 is 0 Å². The molecule has 0 atom stereocenters. The molecule has 3 nitrogen and oxygen atoms in total. The van der Waals surface area contributed by atoms with E-state index in [2.05, 4.69) is 140 Å². The van der Waals surface area contributed by atoms with E-state index in [1.165, 1.54) is 54.9 Å². The van der Waals surface area contributed by atoms with Gasteiger partial charge in [-0.2, -0.15) is 0 Å². The van der Waals surface area contributed by atoms with Crippen LogP contribution in [0, 0.1) is 20.8 Å². The van der Waals surface area contributed by atoms with E-state index in [0.29, 0.717) is 11.1 Å². The minimum atomic E-state index is -0.687. The molecule has 0 N–H and O–H groups in total. The van der Waals surface area contributed by atoms with Crippen molar-refractivity contribution in [3.05, 3.63) is 212 Å². The number of fused-ring (bicyclic) bond motifs is 11. The smallest absolute Gasteiger partial charge is 0.197 e. The third-order valence-electron chi connectivity index (χ3n) is 12.1. The molecule has 0 amide bonds. The molecule has 3 aliphatic rings. The highest BCUT2D eigenvalue weighted by Crippen LogP contribution is 2.64. The second kappa shape index (κ2) is 11.9. The Hall–Kier alpha value is -6.62. The maximum Gasteiger partial charge on any atom is 0.197 e. The van der Waals surface area contributed by atoms with E-state index in [0.717, 1.165) is 39.0 Å². The summed E-state index contributed by atoms with van der Waals surface area (Å²) in [4.78, 5) is 31.8. The van der Waals surface area contributed by atoms with E-state index in [9.17, 15) is 9.59 Å². The first-order valence-corrected chi connectivity index (χ1v) is 19.9. The molecular formula is C52H35NO2S. The normalized spacial score (nSPS) is 14.5. The Morgan fingerprint density at radius 1 is 0.536 bits per heavy atom. The van der Waals surface area contributed by atoms with Crippen molar-refractivity contribution < 1.29 is 9.59 Å². The Labute approximate surface area is 329 Å². The largest absolute Gasteiger partial charge is 0.309 e. The number of carbonyl (C=O) groups excluding carboxylic acids is 2. The number of rotatable bonds is 3. The van der Waals surface area contributed by atoms with Crippen LogP contribution in [-0.4, -0.2) is 11.6 Å². The van der Waals surface area contributed by atoms with Gasteiger partial charge in [0.2, 0.25) is 0 Å². The SMILES string of the molecule is Cc1cc(C)c(N2c3ccc(C=C4C(=O)c5cc6ccccc6cc5C4=O)cc3C3(c4ccccc4-c4ccccc43)c3cc(-c4cccs4)ccc32)c(C)c1. The predicted octanol–water partition coefficient (Wildman–Crippen LogP) is 13.1. The van der Waals surface area contributed by atoms with E-state index in [4.69, 9.17) is 0 Å².